The first-order chi connectivity index (χ1) is 9.34. The van der Waals surface area contributed by atoms with E-state index in [1.165, 1.54) is 5.69 Å². The number of phenolic OH excluding ortho intramolecular Hbond substituents is 1. The lowest BCUT2D eigenvalue weighted by Crippen LogP contribution is -2.36. The van der Waals surface area contributed by atoms with E-state index in [9.17, 15) is 5.11 Å². The Balaban J connectivity index is 2.01. The Morgan fingerprint density at radius 2 is 1.74 bits per heavy atom. The van der Waals surface area contributed by atoms with E-state index >= 15 is 0 Å². The number of ether oxygens (including phenoxy) is 1. The monoisotopic (exact) mass is 255 g/mol. The second kappa shape index (κ2) is 5.33. The minimum absolute atomic E-state index is 0.300. The first-order valence-electron chi connectivity index (χ1n) is 6.56. The van der Waals surface area contributed by atoms with Crippen molar-refractivity contribution in [2.75, 3.05) is 31.2 Å². The van der Waals surface area contributed by atoms with Crippen molar-refractivity contribution in [1.29, 1.82) is 0 Å². The largest absolute Gasteiger partial charge is 0.508 e. The van der Waals surface area contributed by atoms with Crippen LogP contribution in [0.15, 0.2) is 48.5 Å². The molecule has 0 amide bonds. The van der Waals surface area contributed by atoms with Crippen molar-refractivity contribution in [2.45, 2.75) is 0 Å². The molecule has 0 radical (unpaired) electrons. The Kier molecular flexibility index (Phi) is 3.38. The number of morpholine rings is 1. The number of aromatic hydroxyl groups is 1. The predicted octanol–water partition coefficient (Wildman–Crippen LogP) is 2.90. The van der Waals surface area contributed by atoms with Crippen LogP contribution in [0.3, 0.4) is 0 Å². The summed E-state index contributed by atoms with van der Waals surface area (Å²) in [7, 11) is 0. The Labute approximate surface area is 113 Å². The standard InChI is InChI=1S/C16H17NO2/c18-14-5-3-4-13(12-14)15-6-1-2-7-16(15)17-8-10-19-11-9-17/h1-7,12,18H,8-11H2. The minimum atomic E-state index is 0.300. The van der Waals surface area contributed by atoms with E-state index in [1.807, 2.05) is 18.2 Å². The average molecular weight is 255 g/mol. The van der Waals surface area contributed by atoms with Gasteiger partial charge in [0.25, 0.3) is 0 Å². The number of hydrogen-bond acceptors (Lipinski definition) is 3. The maximum absolute atomic E-state index is 9.64. The summed E-state index contributed by atoms with van der Waals surface area (Å²) in [6.07, 6.45) is 0. The fourth-order valence-electron chi connectivity index (χ4n) is 2.47. The van der Waals surface area contributed by atoms with Gasteiger partial charge in [0.2, 0.25) is 0 Å². The SMILES string of the molecule is Oc1cccc(-c2ccccc2N2CCOCC2)c1. The quantitative estimate of drug-likeness (QED) is 0.895. The third-order valence-corrected chi connectivity index (χ3v) is 3.41. The van der Waals surface area contributed by atoms with Crippen LogP contribution in [0.5, 0.6) is 5.75 Å². The third-order valence-electron chi connectivity index (χ3n) is 3.41. The Bertz CT molecular complexity index is 562. The van der Waals surface area contributed by atoms with Gasteiger partial charge in [0.05, 0.1) is 13.2 Å². The number of rotatable bonds is 2. The minimum Gasteiger partial charge on any atom is -0.508 e. The molecule has 0 unspecified atom stereocenters. The van der Waals surface area contributed by atoms with Gasteiger partial charge in [-0.15, -0.1) is 0 Å². The van der Waals surface area contributed by atoms with Gasteiger partial charge >= 0.3 is 0 Å². The number of anilines is 1. The normalized spacial score (nSPS) is 15.5. The molecule has 0 aliphatic carbocycles. The van der Waals surface area contributed by atoms with E-state index in [0.717, 1.165) is 37.4 Å². The molecule has 1 aliphatic heterocycles. The van der Waals surface area contributed by atoms with Crippen LogP contribution in [0.4, 0.5) is 5.69 Å². The van der Waals surface area contributed by atoms with Crippen molar-refractivity contribution in [3.8, 4) is 16.9 Å². The molecule has 3 heteroatoms. The Morgan fingerprint density at radius 3 is 2.53 bits per heavy atom. The summed E-state index contributed by atoms with van der Waals surface area (Å²) in [4.78, 5) is 2.34. The molecule has 1 N–H and O–H groups in total. The fraction of sp³-hybridized carbons (Fsp3) is 0.250. The number of phenols is 1. The van der Waals surface area contributed by atoms with Crippen LogP contribution >= 0.6 is 0 Å². The summed E-state index contributed by atoms with van der Waals surface area (Å²) in [6.45, 7) is 3.37. The number of benzene rings is 2. The lowest BCUT2D eigenvalue weighted by molar-refractivity contribution is 0.123. The van der Waals surface area contributed by atoms with Gasteiger partial charge < -0.3 is 14.7 Å². The summed E-state index contributed by atoms with van der Waals surface area (Å²) in [5.41, 5.74) is 3.40. The smallest absolute Gasteiger partial charge is 0.116 e. The maximum atomic E-state index is 9.64. The molecule has 1 fully saturated rings. The molecule has 1 aliphatic rings. The van der Waals surface area contributed by atoms with Crippen molar-refractivity contribution in [1.82, 2.24) is 0 Å². The zero-order valence-electron chi connectivity index (χ0n) is 10.7. The van der Waals surface area contributed by atoms with Crippen LogP contribution in [0.25, 0.3) is 11.1 Å². The molecular weight excluding hydrogens is 238 g/mol. The van der Waals surface area contributed by atoms with Crippen LogP contribution in [0.1, 0.15) is 0 Å². The van der Waals surface area contributed by atoms with Crippen LogP contribution in [0.2, 0.25) is 0 Å². The van der Waals surface area contributed by atoms with E-state index < -0.39 is 0 Å². The van der Waals surface area contributed by atoms with E-state index in [0.29, 0.717) is 5.75 Å². The van der Waals surface area contributed by atoms with Gasteiger partial charge in [0, 0.05) is 24.3 Å². The molecule has 2 aromatic carbocycles. The zero-order valence-corrected chi connectivity index (χ0v) is 10.7. The third kappa shape index (κ3) is 2.56. The summed E-state index contributed by atoms with van der Waals surface area (Å²) in [5.74, 6) is 0.300. The van der Waals surface area contributed by atoms with Gasteiger partial charge in [0.15, 0.2) is 0 Å². The molecule has 2 aromatic rings. The zero-order chi connectivity index (χ0) is 13.1. The van der Waals surface area contributed by atoms with Crippen molar-refractivity contribution >= 4 is 5.69 Å². The molecule has 3 nitrogen and oxygen atoms in total. The second-order valence-electron chi connectivity index (χ2n) is 4.67. The Morgan fingerprint density at radius 1 is 0.947 bits per heavy atom. The van der Waals surface area contributed by atoms with Crippen molar-refractivity contribution < 1.29 is 9.84 Å². The molecule has 0 saturated carbocycles. The highest BCUT2D eigenvalue weighted by Crippen LogP contribution is 2.32. The summed E-state index contributed by atoms with van der Waals surface area (Å²) < 4.78 is 5.40. The lowest BCUT2D eigenvalue weighted by atomic mass is 10.0. The Hall–Kier alpha value is -2.00. The molecule has 98 valence electrons. The van der Waals surface area contributed by atoms with E-state index in [-0.39, 0.29) is 0 Å². The average Bonchev–Trinajstić information content (AvgIpc) is 2.48. The molecule has 0 bridgehead atoms. The van der Waals surface area contributed by atoms with Crippen LogP contribution < -0.4 is 4.90 Å². The van der Waals surface area contributed by atoms with Crippen LogP contribution in [0, 0.1) is 0 Å². The predicted molar refractivity (Wildman–Crippen MR) is 76.6 cm³/mol. The van der Waals surface area contributed by atoms with Crippen molar-refractivity contribution in [2.24, 2.45) is 0 Å². The first kappa shape index (κ1) is 12.1. The van der Waals surface area contributed by atoms with E-state index in [2.05, 4.69) is 23.1 Å². The molecule has 0 atom stereocenters. The molecular formula is C16H17NO2. The highest BCUT2D eigenvalue weighted by atomic mass is 16.5. The molecule has 0 aromatic heterocycles. The van der Waals surface area contributed by atoms with Gasteiger partial charge in [-0.3, -0.25) is 0 Å². The highest BCUT2D eigenvalue weighted by Gasteiger charge is 2.15. The second-order valence-corrected chi connectivity index (χ2v) is 4.67. The van der Waals surface area contributed by atoms with Crippen molar-refractivity contribution in [3.63, 3.8) is 0 Å². The van der Waals surface area contributed by atoms with Gasteiger partial charge in [-0.25, -0.2) is 0 Å². The molecule has 0 spiro atoms. The molecule has 1 saturated heterocycles. The lowest BCUT2D eigenvalue weighted by Gasteiger charge is -2.30. The number of hydrogen-bond donors (Lipinski definition) is 1. The van der Waals surface area contributed by atoms with Gasteiger partial charge in [0.1, 0.15) is 5.75 Å². The van der Waals surface area contributed by atoms with E-state index in [1.54, 1.807) is 12.1 Å². The summed E-state index contributed by atoms with van der Waals surface area (Å²) >= 11 is 0. The highest BCUT2D eigenvalue weighted by molar-refractivity contribution is 5.79. The topological polar surface area (TPSA) is 32.7 Å². The first-order valence-corrected chi connectivity index (χ1v) is 6.56. The fourth-order valence-corrected chi connectivity index (χ4v) is 2.47. The molecule has 19 heavy (non-hydrogen) atoms. The molecule has 1 heterocycles. The van der Waals surface area contributed by atoms with Gasteiger partial charge in [-0.1, -0.05) is 30.3 Å². The van der Waals surface area contributed by atoms with Crippen LogP contribution in [-0.2, 0) is 4.74 Å². The van der Waals surface area contributed by atoms with E-state index in [4.69, 9.17) is 4.74 Å². The summed E-state index contributed by atoms with van der Waals surface area (Å²) in [5, 5.41) is 9.64. The van der Waals surface area contributed by atoms with Crippen LogP contribution in [-0.4, -0.2) is 31.4 Å². The van der Waals surface area contributed by atoms with Gasteiger partial charge in [-0.05, 0) is 23.8 Å². The number of nitrogens with zero attached hydrogens (tertiary/aromatic N) is 1. The maximum Gasteiger partial charge on any atom is 0.116 e. The van der Waals surface area contributed by atoms with Gasteiger partial charge in [-0.2, -0.15) is 0 Å². The molecule has 3 rings (SSSR count). The number of para-hydroxylation sites is 1. The van der Waals surface area contributed by atoms with Crippen molar-refractivity contribution in [3.05, 3.63) is 48.5 Å². The summed E-state index contributed by atoms with van der Waals surface area (Å²) in [6, 6.07) is 15.7.